The number of unbranched alkanes of at least 4 members (excludes halogenated alkanes) is 1. The van der Waals surface area contributed by atoms with Crippen LogP contribution in [0.3, 0.4) is 0 Å². The van der Waals surface area contributed by atoms with Gasteiger partial charge in [0.1, 0.15) is 0 Å². The summed E-state index contributed by atoms with van der Waals surface area (Å²) in [6.45, 7) is 5.08. The van der Waals surface area contributed by atoms with Crippen LogP contribution in [0, 0.1) is 0 Å². The number of hydrogen-bond acceptors (Lipinski definition) is 3. The van der Waals surface area contributed by atoms with Crippen LogP contribution in [0.1, 0.15) is 26.2 Å². The van der Waals surface area contributed by atoms with Crippen molar-refractivity contribution in [1.29, 1.82) is 0 Å². The van der Waals surface area contributed by atoms with Crippen LogP contribution in [-0.4, -0.2) is 24.5 Å². The Morgan fingerprint density at radius 3 is 2.31 bits per heavy atom. The molecule has 0 aliphatic heterocycles. The van der Waals surface area contributed by atoms with Gasteiger partial charge in [-0.2, -0.15) is 8.42 Å². The maximum absolute atomic E-state index is 11.0. The average molecular weight is 206 g/mol. The molecule has 0 radical (unpaired) electrons. The minimum atomic E-state index is -3.88. The first-order chi connectivity index (χ1) is 5.83. The third-order valence-electron chi connectivity index (χ3n) is 1.53. The van der Waals surface area contributed by atoms with Crippen LogP contribution in [0.15, 0.2) is 12.2 Å². The van der Waals surface area contributed by atoms with Gasteiger partial charge in [0.05, 0.1) is 5.75 Å². The van der Waals surface area contributed by atoms with Crippen LogP contribution in [-0.2, 0) is 14.9 Å². The van der Waals surface area contributed by atoms with Crippen molar-refractivity contribution in [2.45, 2.75) is 26.2 Å². The van der Waals surface area contributed by atoms with Gasteiger partial charge in [-0.05, 0) is 25.3 Å². The van der Waals surface area contributed by atoms with Crippen molar-refractivity contribution in [2.75, 3.05) is 5.75 Å². The van der Waals surface area contributed by atoms with Crippen LogP contribution in [0.5, 0.6) is 0 Å². The molecule has 5 heteroatoms. The van der Waals surface area contributed by atoms with Gasteiger partial charge < -0.3 is 0 Å². The highest BCUT2D eigenvalue weighted by atomic mass is 32.2. The van der Waals surface area contributed by atoms with E-state index in [0.29, 0.717) is 24.8 Å². The van der Waals surface area contributed by atoms with Crippen molar-refractivity contribution in [3.8, 4) is 0 Å². The molecule has 0 rings (SSSR count). The Kier molecular flexibility index (Phi) is 4.87. The molecule has 0 unspecified atom stereocenters. The first-order valence-corrected chi connectivity index (χ1v) is 5.57. The van der Waals surface area contributed by atoms with Crippen LogP contribution in [0.4, 0.5) is 0 Å². The van der Waals surface area contributed by atoms with E-state index in [9.17, 15) is 13.2 Å². The van der Waals surface area contributed by atoms with Gasteiger partial charge in [0, 0.05) is 6.42 Å². The second kappa shape index (κ2) is 5.14. The van der Waals surface area contributed by atoms with Crippen molar-refractivity contribution in [2.24, 2.45) is 0 Å². The summed E-state index contributed by atoms with van der Waals surface area (Å²) in [4.78, 5) is 11.0. The Bertz CT molecular complexity index is 289. The molecule has 0 saturated heterocycles. The lowest BCUT2D eigenvalue weighted by Crippen LogP contribution is -2.05. The zero-order valence-corrected chi connectivity index (χ0v) is 8.43. The van der Waals surface area contributed by atoms with E-state index in [4.69, 9.17) is 4.55 Å². The molecule has 0 fully saturated rings. The minimum Gasteiger partial charge on any atom is -0.295 e. The molecule has 0 atom stereocenters. The smallest absolute Gasteiger partial charge is 0.264 e. The molecule has 0 aliphatic carbocycles. The summed E-state index contributed by atoms with van der Waals surface area (Å²) in [6, 6.07) is 0. The standard InChI is InChI=1S/C8H14O4S/c1-7(2)8(9)5-3-4-6-13(10,11)12/h1,3-6H2,2H3,(H,10,11,12). The quantitative estimate of drug-likeness (QED) is 0.402. The molecule has 0 bridgehead atoms. The molecule has 0 spiro atoms. The van der Waals surface area contributed by atoms with Crippen LogP contribution >= 0.6 is 0 Å². The Hall–Kier alpha value is -0.680. The van der Waals surface area contributed by atoms with Crippen molar-refractivity contribution < 1.29 is 17.8 Å². The van der Waals surface area contributed by atoms with Crippen molar-refractivity contribution in [3.05, 3.63) is 12.2 Å². The maximum Gasteiger partial charge on any atom is 0.264 e. The molecule has 13 heavy (non-hydrogen) atoms. The van der Waals surface area contributed by atoms with Crippen molar-refractivity contribution >= 4 is 15.9 Å². The zero-order valence-electron chi connectivity index (χ0n) is 7.62. The fourth-order valence-electron chi connectivity index (χ4n) is 0.783. The number of carbonyl (C=O) groups is 1. The second-order valence-corrected chi connectivity index (χ2v) is 4.52. The summed E-state index contributed by atoms with van der Waals surface area (Å²) in [5.74, 6) is -0.341. The van der Waals surface area contributed by atoms with E-state index in [-0.39, 0.29) is 11.5 Å². The van der Waals surface area contributed by atoms with E-state index in [1.54, 1.807) is 6.92 Å². The third-order valence-corrected chi connectivity index (χ3v) is 2.34. The highest BCUT2D eigenvalue weighted by Gasteiger charge is 2.06. The third kappa shape index (κ3) is 7.67. The average Bonchev–Trinajstić information content (AvgIpc) is 1.95. The van der Waals surface area contributed by atoms with Gasteiger partial charge in [0.15, 0.2) is 5.78 Å². The van der Waals surface area contributed by atoms with E-state index < -0.39 is 10.1 Å². The molecule has 0 aliphatic rings. The van der Waals surface area contributed by atoms with Gasteiger partial charge in [-0.25, -0.2) is 0 Å². The number of allylic oxidation sites excluding steroid dienone is 1. The Morgan fingerprint density at radius 1 is 1.38 bits per heavy atom. The highest BCUT2D eigenvalue weighted by Crippen LogP contribution is 2.03. The molecule has 0 amide bonds. The van der Waals surface area contributed by atoms with Gasteiger partial charge in [0.25, 0.3) is 10.1 Å². The predicted octanol–water partition coefficient (Wildman–Crippen LogP) is 1.19. The first-order valence-electron chi connectivity index (χ1n) is 3.97. The van der Waals surface area contributed by atoms with Gasteiger partial charge in [0.2, 0.25) is 0 Å². The SMILES string of the molecule is C=C(C)C(=O)CCCCS(=O)(=O)O. The van der Waals surface area contributed by atoms with E-state index in [1.165, 1.54) is 0 Å². The summed E-state index contributed by atoms with van der Waals surface area (Å²) < 4.78 is 28.9. The van der Waals surface area contributed by atoms with Gasteiger partial charge in [-0.15, -0.1) is 0 Å². The molecular weight excluding hydrogens is 192 g/mol. The summed E-state index contributed by atoms with van der Waals surface area (Å²) in [7, 11) is -3.88. The maximum atomic E-state index is 11.0. The van der Waals surface area contributed by atoms with Crippen LogP contribution in [0.2, 0.25) is 0 Å². The molecule has 0 aromatic rings. The summed E-state index contributed by atoms with van der Waals surface area (Å²) in [6.07, 6.45) is 1.06. The molecular formula is C8H14O4S. The minimum absolute atomic E-state index is 0.0599. The predicted molar refractivity (Wildman–Crippen MR) is 50.1 cm³/mol. The van der Waals surface area contributed by atoms with Crippen molar-refractivity contribution in [3.63, 3.8) is 0 Å². The lowest BCUT2D eigenvalue weighted by Gasteiger charge is -1.98. The topological polar surface area (TPSA) is 71.4 Å². The van der Waals surface area contributed by atoms with Crippen LogP contribution in [0.25, 0.3) is 0 Å². The Morgan fingerprint density at radius 2 is 1.92 bits per heavy atom. The molecule has 1 N–H and O–H groups in total. The van der Waals surface area contributed by atoms with Crippen molar-refractivity contribution in [1.82, 2.24) is 0 Å². The number of hydrogen-bond donors (Lipinski definition) is 1. The van der Waals surface area contributed by atoms with E-state index >= 15 is 0 Å². The van der Waals surface area contributed by atoms with E-state index in [2.05, 4.69) is 6.58 Å². The molecule has 4 nitrogen and oxygen atoms in total. The number of Topliss-reactive ketones (excluding diaryl/α,β-unsaturated/α-hetero) is 1. The Labute approximate surface area is 78.4 Å². The monoisotopic (exact) mass is 206 g/mol. The zero-order chi connectivity index (χ0) is 10.5. The number of ketones is 1. The molecule has 0 aromatic carbocycles. The molecule has 0 saturated carbocycles. The van der Waals surface area contributed by atoms with Gasteiger partial charge in [-0.1, -0.05) is 6.58 Å². The lowest BCUT2D eigenvalue weighted by atomic mass is 10.1. The van der Waals surface area contributed by atoms with E-state index in [0.717, 1.165) is 0 Å². The molecule has 0 aromatic heterocycles. The fraction of sp³-hybridized carbons (Fsp3) is 0.625. The van der Waals surface area contributed by atoms with Gasteiger partial charge >= 0.3 is 0 Å². The van der Waals surface area contributed by atoms with Gasteiger partial charge in [-0.3, -0.25) is 9.35 Å². The van der Waals surface area contributed by atoms with Crippen LogP contribution < -0.4 is 0 Å². The fourth-order valence-corrected chi connectivity index (χ4v) is 1.35. The molecule has 76 valence electrons. The molecule has 0 heterocycles. The van der Waals surface area contributed by atoms with E-state index in [1.807, 2.05) is 0 Å². The Balaban J connectivity index is 3.59. The second-order valence-electron chi connectivity index (χ2n) is 2.95. The number of rotatable bonds is 6. The first kappa shape index (κ1) is 12.3. The summed E-state index contributed by atoms with van der Waals surface area (Å²) in [5, 5.41) is 0. The number of carbonyl (C=O) groups excluding carboxylic acids is 1. The normalized spacial score (nSPS) is 11.2. The summed E-state index contributed by atoms with van der Waals surface area (Å²) >= 11 is 0. The largest absolute Gasteiger partial charge is 0.295 e. The summed E-state index contributed by atoms with van der Waals surface area (Å²) in [5.41, 5.74) is 0.479. The highest BCUT2D eigenvalue weighted by molar-refractivity contribution is 7.85. The lowest BCUT2D eigenvalue weighted by molar-refractivity contribution is -0.115.